The minimum Gasteiger partial charge on any atom is -0.507 e. The molecule has 0 aliphatic rings. The monoisotopic (exact) mass is 412 g/mol. The van der Waals surface area contributed by atoms with Crippen LogP contribution < -0.4 is 4.74 Å². The Hall–Kier alpha value is -0.330. The van der Waals surface area contributed by atoms with Crippen molar-refractivity contribution in [3.8, 4) is 11.5 Å². The van der Waals surface area contributed by atoms with Gasteiger partial charge >= 0.3 is 5.97 Å². The molecule has 0 aromatic heterocycles. The number of hydrogen-bond donors (Lipinski definition) is 1. The highest BCUT2D eigenvalue weighted by molar-refractivity contribution is 9.14. The number of rotatable bonds is 2. The first-order valence-electron chi connectivity index (χ1n) is 4.08. The lowest BCUT2D eigenvalue weighted by atomic mass is 10.3. The van der Waals surface area contributed by atoms with Gasteiger partial charge < -0.3 is 9.84 Å². The molecule has 0 bridgehead atoms. The van der Waals surface area contributed by atoms with Crippen molar-refractivity contribution in [2.24, 2.45) is 0 Å². The second kappa shape index (κ2) is 5.33. The summed E-state index contributed by atoms with van der Waals surface area (Å²) in [5.74, 6) is -0.352. The molecule has 1 N–H and O–H groups in total. The van der Waals surface area contributed by atoms with Crippen molar-refractivity contribution in [1.29, 1.82) is 0 Å². The van der Waals surface area contributed by atoms with Crippen LogP contribution in [0.25, 0.3) is 0 Å². The van der Waals surface area contributed by atoms with Crippen LogP contribution >= 0.6 is 47.8 Å². The van der Waals surface area contributed by atoms with Crippen molar-refractivity contribution in [2.45, 2.75) is 6.92 Å². The molecule has 0 saturated carbocycles. The fourth-order valence-corrected chi connectivity index (χ4v) is 2.20. The van der Waals surface area contributed by atoms with Gasteiger partial charge in [-0.25, -0.2) is 4.79 Å². The molecule has 16 heavy (non-hydrogen) atoms. The van der Waals surface area contributed by atoms with Crippen LogP contribution in [-0.4, -0.2) is 11.1 Å². The van der Waals surface area contributed by atoms with E-state index in [1.165, 1.54) is 6.07 Å². The summed E-state index contributed by atoms with van der Waals surface area (Å²) in [6.07, 6.45) is 0. The highest BCUT2D eigenvalue weighted by Crippen LogP contribution is 2.43. The maximum atomic E-state index is 11.3. The average molecular weight is 415 g/mol. The maximum absolute atomic E-state index is 11.3. The molecule has 0 aliphatic carbocycles. The predicted molar refractivity (Wildman–Crippen MR) is 71.7 cm³/mol. The van der Waals surface area contributed by atoms with E-state index >= 15 is 0 Å². The lowest BCUT2D eigenvalue weighted by Gasteiger charge is -2.10. The molecule has 86 valence electrons. The van der Waals surface area contributed by atoms with Gasteiger partial charge in [-0.1, -0.05) is 6.58 Å². The number of phenols is 1. The second-order valence-electron chi connectivity index (χ2n) is 3.01. The van der Waals surface area contributed by atoms with E-state index in [1.807, 2.05) is 0 Å². The first-order chi connectivity index (χ1) is 7.34. The zero-order chi connectivity index (χ0) is 12.5. The van der Waals surface area contributed by atoms with E-state index in [4.69, 9.17) is 4.74 Å². The largest absolute Gasteiger partial charge is 0.507 e. The summed E-state index contributed by atoms with van der Waals surface area (Å²) >= 11 is 9.66. The minimum atomic E-state index is -0.547. The van der Waals surface area contributed by atoms with Crippen LogP contribution in [-0.2, 0) is 4.79 Å². The molecular formula is C10H7Br3O3. The fourth-order valence-electron chi connectivity index (χ4n) is 0.829. The van der Waals surface area contributed by atoms with Crippen molar-refractivity contribution in [3.05, 3.63) is 31.6 Å². The molecule has 0 fully saturated rings. The summed E-state index contributed by atoms with van der Waals surface area (Å²) in [7, 11) is 0. The normalized spacial score (nSPS) is 10.0. The number of benzene rings is 1. The molecule has 0 amide bonds. The van der Waals surface area contributed by atoms with Crippen molar-refractivity contribution >= 4 is 53.8 Å². The Morgan fingerprint density at radius 1 is 1.31 bits per heavy atom. The minimum absolute atomic E-state index is 0.0282. The molecule has 1 aromatic rings. The number of ether oxygens (including phenoxy) is 1. The van der Waals surface area contributed by atoms with Gasteiger partial charge in [0.05, 0.1) is 13.4 Å². The zero-order valence-electron chi connectivity index (χ0n) is 8.18. The highest BCUT2D eigenvalue weighted by Gasteiger charge is 2.16. The van der Waals surface area contributed by atoms with E-state index in [2.05, 4.69) is 54.4 Å². The van der Waals surface area contributed by atoms with Gasteiger partial charge in [-0.3, -0.25) is 0 Å². The number of phenolic OH excluding ortho intramolecular Hbond substituents is 1. The van der Waals surface area contributed by atoms with Gasteiger partial charge in [-0.15, -0.1) is 0 Å². The standard InChI is InChI=1S/C10H7Br3O3/c1-4(2)10(15)16-6-3-5(14)7(11)9(13)8(6)12/h3,14H,1H2,2H3. The molecule has 6 heteroatoms. The van der Waals surface area contributed by atoms with E-state index in [1.54, 1.807) is 6.92 Å². The molecule has 0 radical (unpaired) electrons. The summed E-state index contributed by atoms with van der Waals surface area (Å²) in [4.78, 5) is 11.3. The first-order valence-corrected chi connectivity index (χ1v) is 6.46. The van der Waals surface area contributed by atoms with Crippen LogP contribution in [0.2, 0.25) is 0 Å². The van der Waals surface area contributed by atoms with Crippen LogP contribution in [0.1, 0.15) is 6.92 Å². The Bertz CT molecular complexity index is 469. The Kier molecular flexibility index (Phi) is 4.58. The van der Waals surface area contributed by atoms with E-state index in [0.29, 0.717) is 13.4 Å². The van der Waals surface area contributed by atoms with Gasteiger partial charge in [0.25, 0.3) is 0 Å². The van der Waals surface area contributed by atoms with Gasteiger partial charge in [0, 0.05) is 11.6 Å². The molecule has 0 atom stereocenters. The Labute approximate surface area is 118 Å². The van der Waals surface area contributed by atoms with Gasteiger partial charge in [0.1, 0.15) is 11.5 Å². The first kappa shape index (κ1) is 13.7. The Balaban J connectivity index is 3.16. The Morgan fingerprint density at radius 2 is 1.88 bits per heavy atom. The SMILES string of the molecule is C=C(C)C(=O)Oc1cc(O)c(Br)c(Br)c1Br. The summed E-state index contributed by atoms with van der Waals surface area (Å²) in [6.45, 7) is 5.02. The van der Waals surface area contributed by atoms with E-state index in [9.17, 15) is 9.90 Å². The Morgan fingerprint density at radius 3 is 2.38 bits per heavy atom. The third-order valence-corrected chi connectivity index (χ3v) is 5.09. The molecule has 3 nitrogen and oxygen atoms in total. The number of carbonyl (C=O) groups excluding carboxylic acids is 1. The molecule has 1 rings (SSSR count). The van der Waals surface area contributed by atoms with E-state index < -0.39 is 5.97 Å². The van der Waals surface area contributed by atoms with Crippen molar-refractivity contribution in [2.75, 3.05) is 0 Å². The van der Waals surface area contributed by atoms with Crippen LogP contribution in [0.3, 0.4) is 0 Å². The number of carbonyl (C=O) groups is 1. The smallest absolute Gasteiger partial charge is 0.338 e. The maximum Gasteiger partial charge on any atom is 0.338 e. The van der Waals surface area contributed by atoms with Crippen LogP contribution in [0.4, 0.5) is 0 Å². The predicted octanol–water partition coefficient (Wildman–Crippen LogP) is 4.16. The number of aromatic hydroxyl groups is 1. The van der Waals surface area contributed by atoms with Crippen molar-refractivity contribution in [3.63, 3.8) is 0 Å². The molecule has 0 saturated heterocycles. The lowest BCUT2D eigenvalue weighted by Crippen LogP contribution is -2.08. The average Bonchev–Trinajstić information content (AvgIpc) is 2.22. The third-order valence-electron chi connectivity index (χ3n) is 1.65. The number of halogens is 3. The number of hydrogen-bond acceptors (Lipinski definition) is 3. The van der Waals surface area contributed by atoms with Crippen LogP contribution in [0, 0.1) is 0 Å². The number of esters is 1. The summed E-state index contributed by atoms with van der Waals surface area (Å²) < 4.78 is 6.61. The van der Waals surface area contributed by atoms with Crippen LogP contribution in [0.5, 0.6) is 11.5 Å². The van der Waals surface area contributed by atoms with Gasteiger partial charge in [0.2, 0.25) is 0 Å². The van der Waals surface area contributed by atoms with Gasteiger partial charge in [-0.2, -0.15) is 0 Å². The quantitative estimate of drug-likeness (QED) is 0.342. The van der Waals surface area contributed by atoms with E-state index in [-0.39, 0.29) is 17.1 Å². The highest BCUT2D eigenvalue weighted by atomic mass is 79.9. The second-order valence-corrected chi connectivity index (χ2v) is 5.38. The summed E-state index contributed by atoms with van der Waals surface area (Å²) in [5.41, 5.74) is 0.283. The lowest BCUT2D eigenvalue weighted by molar-refractivity contribution is -0.130. The fraction of sp³-hybridized carbons (Fsp3) is 0.100. The summed E-state index contributed by atoms with van der Waals surface area (Å²) in [6, 6.07) is 1.33. The molecule has 0 aliphatic heterocycles. The van der Waals surface area contributed by atoms with Crippen LogP contribution in [0.15, 0.2) is 31.6 Å². The molecule has 1 aromatic carbocycles. The third kappa shape index (κ3) is 2.87. The molecule has 0 unspecified atom stereocenters. The van der Waals surface area contributed by atoms with Gasteiger partial charge in [-0.05, 0) is 54.7 Å². The summed E-state index contributed by atoms with van der Waals surface area (Å²) in [5, 5.41) is 9.55. The van der Waals surface area contributed by atoms with Crippen molar-refractivity contribution < 1.29 is 14.6 Å². The molecular weight excluding hydrogens is 408 g/mol. The topological polar surface area (TPSA) is 46.5 Å². The van der Waals surface area contributed by atoms with E-state index in [0.717, 1.165) is 0 Å². The van der Waals surface area contributed by atoms with Gasteiger partial charge in [0.15, 0.2) is 0 Å². The van der Waals surface area contributed by atoms with Crippen molar-refractivity contribution in [1.82, 2.24) is 0 Å². The molecule has 0 heterocycles. The molecule has 0 spiro atoms. The zero-order valence-corrected chi connectivity index (χ0v) is 12.9.